The van der Waals surface area contributed by atoms with Crippen molar-refractivity contribution in [1.82, 2.24) is 10.2 Å². The van der Waals surface area contributed by atoms with Gasteiger partial charge in [-0.3, -0.25) is 0 Å². The number of likely N-dealkylation sites (tertiary alicyclic amines) is 1. The third-order valence-corrected chi connectivity index (χ3v) is 4.69. The average molecular weight is 258 g/mol. The smallest absolute Gasteiger partial charge is 0.0107 e. The monoisotopic (exact) mass is 258 g/mol. The zero-order valence-electron chi connectivity index (χ0n) is 11.9. The van der Waals surface area contributed by atoms with E-state index in [1.165, 1.54) is 58.3 Å². The minimum atomic E-state index is 0.841. The van der Waals surface area contributed by atoms with E-state index in [9.17, 15) is 0 Å². The van der Waals surface area contributed by atoms with Crippen LogP contribution >= 0.6 is 0 Å². The van der Waals surface area contributed by atoms with E-state index >= 15 is 0 Å². The summed E-state index contributed by atoms with van der Waals surface area (Å²) in [5.41, 5.74) is 3.16. The fourth-order valence-electron chi connectivity index (χ4n) is 3.50. The highest BCUT2D eigenvalue weighted by Crippen LogP contribution is 2.24. The molecule has 3 rings (SSSR count). The molecule has 19 heavy (non-hydrogen) atoms. The number of rotatable bonds is 5. The molecule has 0 aromatic heterocycles. The molecule has 2 aliphatic rings. The first-order valence-corrected chi connectivity index (χ1v) is 7.91. The maximum atomic E-state index is 3.67. The molecule has 104 valence electrons. The first-order valence-electron chi connectivity index (χ1n) is 7.91. The van der Waals surface area contributed by atoms with Crippen molar-refractivity contribution in [1.29, 1.82) is 0 Å². The molecule has 0 amide bonds. The van der Waals surface area contributed by atoms with E-state index in [1.807, 2.05) is 0 Å². The zero-order chi connectivity index (χ0) is 12.9. The van der Waals surface area contributed by atoms with E-state index in [0.29, 0.717) is 0 Å². The summed E-state index contributed by atoms with van der Waals surface area (Å²) in [5.74, 6) is 0.841. The highest BCUT2D eigenvalue weighted by atomic mass is 15.1. The molecule has 2 heteroatoms. The van der Waals surface area contributed by atoms with Crippen LogP contribution in [0.25, 0.3) is 0 Å². The number of benzene rings is 1. The SMILES string of the molecule is c1ccc2c(c1)CCC(CNCCN1CCCC1)C2. The van der Waals surface area contributed by atoms with Gasteiger partial charge in [0.1, 0.15) is 0 Å². The maximum Gasteiger partial charge on any atom is 0.0107 e. The van der Waals surface area contributed by atoms with Crippen LogP contribution < -0.4 is 5.32 Å². The van der Waals surface area contributed by atoms with Crippen molar-refractivity contribution in [2.75, 3.05) is 32.7 Å². The first kappa shape index (κ1) is 13.1. The van der Waals surface area contributed by atoms with Crippen molar-refractivity contribution in [3.05, 3.63) is 35.4 Å². The molecule has 0 bridgehead atoms. The lowest BCUT2D eigenvalue weighted by Gasteiger charge is -2.25. The second-order valence-electron chi connectivity index (χ2n) is 6.13. The predicted octanol–water partition coefficient (Wildman–Crippen LogP) is 2.48. The van der Waals surface area contributed by atoms with Gasteiger partial charge >= 0.3 is 0 Å². The average Bonchev–Trinajstić information content (AvgIpc) is 2.97. The lowest BCUT2D eigenvalue weighted by molar-refractivity contribution is 0.326. The van der Waals surface area contributed by atoms with E-state index < -0.39 is 0 Å². The summed E-state index contributed by atoms with van der Waals surface area (Å²) >= 11 is 0. The van der Waals surface area contributed by atoms with Crippen LogP contribution in [-0.2, 0) is 12.8 Å². The molecule has 1 aromatic rings. The topological polar surface area (TPSA) is 15.3 Å². The van der Waals surface area contributed by atoms with Gasteiger partial charge in [-0.15, -0.1) is 0 Å². The van der Waals surface area contributed by atoms with Crippen molar-refractivity contribution in [2.45, 2.75) is 32.1 Å². The maximum absolute atomic E-state index is 3.67. The number of aryl methyl sites for hydroxylation is 1. The Labute approximate surface area is 117 Å². The van der Waals surface area contributed by atoms with Crippen LogP contribution in [0, 0.1) is 5.92 Å². The fourth-order valence-corrected chi connectivity index (χ4v) is 3.50. The van der Waals surface area contributed by atoms with Crippen LogP contribution in [-0.4, -0.2) is 37.6 Å². The molecule has 1 aliphatic heterocycles. The Kier molecular flexibility index (Phi) is 4.52. The van der Waals surface area contributed by atoms with Crippen molar-refractivity contribution in [3.8, 4) is 0 Å². The van der Waals surface area contributed by atoms with E-state index in [-0.39, 0.29) is 0 Å². The molecule has 1 aromatic carbocycles. The van der Waals surface area contributed by atoms with Crippen LogP contribution in [0.15, 0.2) is 24.3 Å². The quantitative estimate of drug-likeness (QED) is 0.816. The molecule has 0 spiro atoms. The molecular formula is C17H26N2. The molecule has 1 heterocycles. The lowest BCUT2D eigenvalue weighted by Crippen LogP contribution is -2.34. The van der Waals surface area contributed by atoms with Crippen LogP contribution in [0.5, 0.6) is 0 Å². The Hall–Kier alpha value is -0.860. The number of fused-ring (bicyclic) bond motifs is 1. The first-order chi connectivity index (χ1) is 9.42. The van der Waals surface area contributed by atoms with Crippen LogP contribution in [0.1, 0.15) is 30.4 Å². The Morgan fingerprint density at radius 2 is 1.89 bits per heavy atom. The van der Waals surface area contributed by atoms with Gasteiger partial charge in [0.25, 0.3) is 0 Å². The Bertz CT molecular complexity index is 396. The standard InChI is InChI=1S/C17H26N2/c1-2-6-17-13-15(7-8-16(17)5-1)14-18-9-12-19-10-3-4-11-19/h1-2,5-6,15,18H,3-4,7-14H2. The second-order valence-corrected chi connectivity index (χ2v) is 6.13. The highest BCUT2D eigenvalue weighted by Gasteiger charge is 2.17. The third-order valence-electron chi connectivity index (χ3n) is 4.69. The zero-order valence-corrected chi connectivity index (χ0v) is 11.9. The summed E-state index contributed by atoms with van der Waals surface area (Å²) in [6, 6.07) is 8.97. The molecule has 0 radical (unpaired) electrons. The second kappa shape index (κ2) is 6.53. The number of nitrogens with zero attached hydrogens (tertiary/aromatic N) is 1. The van der Waals surface area contributed by atoms with Gasteiger partial charge in [-0.25, -0.2) is 0 Å². The molecule has 1 unspecified atom stereocenters. The van der Waals surface area contributed by atoms with Gasteiger partial charge in [-0.1, -0.05) is 24.3 Å². The van der Waals surface area contributed by atoms with Crippen molar-refractivity contribution in [3.63, 3.8) is 0 Å². The fraction of sp³-hybridized carbons (Fsp3) is 0.647. The molecule has 1 atom stereocenters. The molecule has 1 fully saturated rings. The molecule has 1 N–H and O–H groups in total. The van der Waals surface area contributed by atoms with E-state index in [2.05, 4.69) is 34.5 Å². The normalized spacial score (nSPS) is 23.5. The summed E-state index contributed by atoms with van der Waals surface area (Å²) in [7, 11) is 0. The van der Waals surface area contributed by atoms with Crippen LogP contribution in [0.4, 0.5) is 0 Å². The summed E-state index contributed by atoms with van der Waals surface area (Å²) in [4.78, 5) is 2.59. The van der Waals surface area contributed by atoms with Gasteiger partial charge in [0.2, 0.25) is 0 Å². The van der Waals surface area contributed by atoms with Crippen molar-refractivity contribution in [2.24, 2.45) is 5.92 Å². The molecule has 2 nitrogen and oxygen atoms in total. The third kappa shape index (κ3) is 3.58. The van der Waals surface area contributed by atoms with Gasteiger partial charge < -0.3 is 10.2 Å². The van der Waals surface area contributed by atoms with Crippen molar-refractivity contribution < 1.29 is 0 Å². The lowest BCUT2D eigenvalue weighted by atomic mass is 9.84. The minimum absolute atomic E-state index is 0.841. The summed E-state index contributed by atoms with van der Waals surface area (Å²) in [6.07, 6.45) is 6.70. The van der Waals surface area contributed by atoms with Gasteiger partial charge in [-0.2, -0.15) is 0 Å². The summed E-state index contributed by atoms with van der Waals surface area (Å²) in [6.45, 7) is 6.24. The van der Waals surface area contributed by atoms with Gasteiger partial charge in [0, 0.05) is 13.1 Å². The summed E-state index contributed by atoms with van der Waals surface area (Å²) in [5, 5.41) is 3.67. The van der Waals surface area contributed by atoms with Gasteiger partial charge in [-0.05, 0) is 68.8 Å². The summed E-state index contributed by atoms with van der Waals surface area (Å²) < 4.78 is 0. The van der Waals surface area contributed by atoms with E-state index in [4.69, 9.17) is 0 Å². The highest BCUT2D eigenvalue weighted by molar-refractivity contribution is 5.29. The molecule has 1 aliphatic carbocycles. The Morgan fingerprint density at radius 3 is 2.74 bits per heavy atom. The van der Waals surface area contributed by atoms with Crippen LogP contribution in [0.2, 0.25) is 0 Å². The number of hydrogen-bond donors (Lipinski definition) is 1. The molecule has 0 saturated carbocycles. The van der Waals surface area contributed by atoms with Crippen LogP contribution in [0.3, 0.4) is 0 Å². The van der Waals surface area contributed by atoms with E-state index in [1.54, 1.807) is 11.1 Å². The van der Waals surface area contributed by atoms with Gasteiger partial charge in [0.15, 0.2) is 0 Å². The minimum Gasteiger partial charge on any atom is -0.315 e. The predicted molar refractivity (Wildman–Crippen MR) is 80.5 cm³/mol. The Morgan fingerprint density at radius 1 is 1.11 bits per heavy atom. The number of hydrogen-bond acceptors (Lipinski definition) is 2. The van der Waals surface area contributed by atoms with Gasteiger partial charge in [0.05, 0.1) is 0 Å². The van der Waals surface area contributed by atoms with E-state index in [0.717, 1.165) is 12.5 Å². The largest absolute Gasteiger partial charge is 0.315 e. The number of nitrogens with one attached hydrogen (secondary N) is 1. The molecule has 1 saturated heterocycles. The Balaban J connectivity index is 1.37. The molecular weight excluding hydrogens is 232 g/mol. The van der Waals surface area contributed by atoms with Crippen molar-refractivity contribution >= 4 is 0 Å².